The normalized spacial score (nSPS) is 20.3. The molecule has 3 heterocycles. The molecule has 1 N–H and O–H groups in total. The maximum Gasteiger partial charge on any atom is 0.254 e. The fourth-order valence-electron chi connectivity index (χ4n) is 6.99. The molecule has 2 fully saturated rings. The van der Waals surface area contributed by atoms with E-state index < -0.39 is 0 Å². The first-order valence-corrected chi connectivity index (χ1v) is 15.0. The van der Waals surface area contributed by atoms with Crippen LogP contribution in [0.3, 0.4) is 0 Å². The Morgan fingerprint density at radius 1 is 0.927 bits per heavy atom. The van der Waals surface area contributed by atoms with Gasteiger partial charge in [-0.3, -0.25) is 4.79 Å². The SMILES string of the molecule is N#Cc1ccc(-c2ccc3nc(N[C@@H]4CCc5ccccc54)cc(C(=O)N4CCC[C@H]4CN4CCCC4)c3c2)cc1. The lowest BCUT2D eigenvalue weighted by Gasteiger charge is -2.29. The third-order valence-electron chi connectivity index (χ3n) is 9.15. The molecule has 4 aromatic rings. The first kappa shape index (κ1) is 25.7. The Kier molecular flexibility index (Phi) is 6.90. The summed E-state index contributed by atoms with van der Waals surface area (Å²) in [5.41, 5.74) is 6.90. The van der Waals surface area contributed by atoms with Crippen molar-refractivity contribution in [1.82, 2.24) is 14.8 Å². The molecule has 1 aromatic heterocycles. The number of rotatable bonds is 6. The summed E-state index contributed by atoms with van der Waals surface area (Å²) in [4.78, 5) is 24.0. The number of amides is 1. The monoisotopic (exact) mass is 541 g/mol. The highest BCUT2D eigenvalue weighted by atomic mass is 16.2. The van der Waals surface area contributed by atoms with Crippen LogP contribution in [0.1, 0.15) is 65.2 Å². The molecular formula is C35H35N5O. The van der Waals surface area contributed by atoms with Crippen molar-refractivity contribution in [1.29, 1.82) is 5.26 Å². The number of aromatic nitrogens is 1. The standard InChI is InChI=1S/C35H35N5O/c36-22-24-9-11-25(12-10-24)27-14-16-33-30(20-27)31(35(41)40-19-5-7-28(40)23-39-17-3-4-18-39)21-34(38-33)37-32-15-13-26-6-1-2-8-29(26)32/h1-2,6,8-12,14,16,20-21,28,32H,3-5,7,13,15,17-19,23H2,(H,37,38)/t28-,32+/m0/s1. The summed E-state index contributed by atoms with van der Waals surface area (Å²) in [6.45, 7) is 4.05. The number of anilines is 1. The van der Waals surface area contributed by atoms with Crippen molar-refractivity contribution in [3.63, 3.8) is 0 Å². The number of fused-ring (bicyclic) bond motifs is 2. The summed E-state index contributed by atoms with van der Waals surface area (Å²) in [7, 11) is 0. The fraction of sp³-hybridized carbons (Fsp3) is 0.343. The minimum absolute atomic E-state index is 0.103. The molecule has 7 rings (SSSR count). The first-order valence-electron chi connectivity index (χ1n) is 15.0. The van der Waals surface area contributed by atoms with Crippen molar-refractivity contribution < 1.29 is 4.79 Å². The number of nitrogens with one attached hydrogen (secondary N) is 1. The van der Waals surface area contributed by atoms with Gasteiger partial charge in [0.1, 0.15) is 5.82 Å². The van der Waals surface area contributed by atoms with Crippen LogP contribution in [0.25, 0.3) is 22.0 Å². The minimum Gasteiger partial charge on any atom is -0.363 e. The summed E-state index contributed by atoms with van der Waals surface area (Å²) in [5, 5.41) is 13.8. The highest BCUT2D eigenvalue weighted by molar-refractivity contribution is 6.08. The van der Waals surface area contributed by atoms with Crippen molar-refractivity contribution >= 4 is 22.6 Å². The van der Waals surface area contributed by atoms with E-state index in [0.29, 0.717) is 11.1 Å². The van der Waals surface area contributed by atoms with E-state index in [1.165, 1.54) is 24.0 Å². The van der Waals surface area contributed by atoms with Crippen LogP contribution >= 0.6 is 0 Å². The van der Waals surface area contributed by atoms with E-state index >= 15 is 0 Å². The van der Waals surface area contributed by atoms with E-state index in [0.717, 1.165) is 79.7 Å². The molecule has 1 aliphatic carbocycles. The average molecular weight is 542 g/mol. The Balaban J connectivity index is 1.27. The highest BCUT2D eigenvalue weighted by Crippen LogP contribution is 2.35. The maximum atomic E-state index is 14.4. The second kappa shape index (κ2) is 11.0. The second-order valence-electron chi connectivity index (χ2n) is 11.7. The van der Waals surface area contributed by atoms with Crippen molar-refractivity contribution in [3.05, 3.63) is 95.1 Å². The van der Waals surface area contributed by atoms with Gasteiger partial charge in [-0.05, 0) is 104 Å². The van der Waals surface area contributed by atoms with Crippen LogP contribution in [0, 0.1) is 11.3 Å². The lowest BCUT2D eigenvalue weighted by Crippen LogP contribution is -2.42. The quantitative estimate of drug-likeness (QED) is 0.299. The summed E-state index contributed by atoms with van der Waals surface area (Å²) in [6.07, 6.45) is 6.69. The van der Waals surface area contributed by atoms with Gasteiger partial charge in [0.25, 0.3) is 5.91 Å². The number of benzene rings is 3. The molecule has 3 aliphatic rings. The Bertz CT molecular complexity index is 1630. The number of aryl methyl sites for hydroxylation is 1. The van der Waals surface area contributed by atoms with Crippen LogP contribution < -0.4 is 5.32 Å². The average Bonchev–Trinajstić information content (AvgIpc) is 3.79. The van der Waals surface area contributed by atoms with Gasteiger partial charge in [-0.25, -0.2) is 4.98 Å². The lowest BCUT2D eigenvalue weighted by molar-refractivity contribution is 0.0710. The molecule has 2 atom stereocenters. The van der Waals surface area contributed by atoms with Crippen LogP contribution in [0.2, 0.25) is 0 Å². The molecule has 2 saturated heterocycles. The smallest absolute Gasteiger partial charge is 0.254 e. The predicted molar refractivity (Wildman–Crippen MR) is 163 cm³/mol. The number of hydrogen-bond acceptors (Lipinski definition) is 5. The third kappa shape index (κ3) is 5.07. The van der Waals surface area contributed by atoms with Gasteiger partial charge >= 0.3 is 0 Å². The number of carbonyl (C=O) groups is 1. The molecule has 2 aliphatic heterocycles. The van der Waals surface area contributed by atoms with Crippen molar-refractivity contribution in [3.8, 4) is 17.2 Å². The number of likely N-dealkylation sites (tertiary alicyclic amines) is 2. The zero-order chi connectivity index (χ0) is 27.8. The Morgan fingerprint density at radius 3 is 2.56 bits per heavy atom. The lowest BCUT2D eigenvalue weighted by atomic mass is 9.99. The van der Waals surface area contributed by atoms with Crippen LogP contribution in [0.15, 0.2) is 72.8 Å². The number of hydrogen-bond donors (Lipinski definition) is 1. The van der Waals surface area contributed by atoms with Crippen molar-refractivity contribution in [2.75, 3.05) is 31.5 Å². The molecular weight excluding hydrogens is 506 g/mol. The summed E-state index contributed by atoms with van der Waals surface area (Å²) in [6, 6.07) is 27.0. The molecule has 0 saturated carbocycles. The number of nitrogens with zero attached hydrogens (tertiary/aromatic N) is 4. The highest BCUT2D eigenvalue weighted by Gasteiger charge is 2.33. The summed E-state index contributed by atoms with van der Waals surface area (Å²) in [5.74, 6) is 0.856. The van der Waals surface area contributed by atoms with Gasteiger partial charge in [0.15, 0.2) is 0 Å². The Hall–Kier alpha value is -4.21. The number of nitriles is 1. The second-order valence-corrected chi connectivity index (χ2v) is 11.7. The van der Waals surface area contributed by atoms with Gasteiger partial charge in [0.2, 0.25) is 0 Å². The molecule has 41 heavy (non-hydrogen) atoms. The van der Waals surface area contributed by atoms with Crippen LogP contribution in [-0.4, -0.2) is 52.9 Å². The topological polar surface area (TPSA) is 72.3 Å². The molecule has 206 valence electrons. The van der Waals surface area contributed by atoms with E-state index in [2.05, 4.69) is 57.6 Å². The third-order valence-corrected chi connectivity index (χ3v) is 9.15. The molecule has 0 radical (unpaired) electrons. The zero-order valence-electron chi connectivity index (χ0n) is 23.4. The van der Waals surface area contributed by atoms with Gasteiger partial charge in [0, 0.05) is 24.5 Å². The van der Waals surface area contributed by atoms with Crippen molar-refractivity contribution in [2.45, 2.75) is 50.6 Å². The van der Waals surface area contributed by atoms with Gasteiger partial charge in [-0.15, -0.1) is 0 Å². The Morgan fingerprint density at radius 2 is 1.73 bits per heavy atom. The summed E-state index contributed by atoms with van der Waals surface area (Å²) >= 11 is 0. The molecule has 0 unspecified atom stereocenters. The molecule has 0 spiro atoms. The van der Waals surface area contributed by atoms with Crippen LogP contribution in [-0.2, 0) is 6.42 Å². The zero-order valence-corrected chi connectivity index (χ0v) is 23.4. The van der Waals surface area contributed by atoms with E-state index in [4.69, 9.17) is 4.98 Å². The molecule has 3 aromatic carbocycles. The molecule has 0 bridgehead atoms. The van der Waals surface area contributed by atoms with Crippen molar-refractivity contribution in [2.24, 2.45) is 0 Å². The van der Waals surface area contributed by atoms with E-state index in [9.17, 15) is 10.1 Å². The van der Waals surface area contributed by atoms with E-state index in [1.54, 1.807) is 0 Å². The largest absolute Gasteiger partial charge is 0.363 e. The number of carbonyl (C=O) groups excluding carboxylic acids is 1. The Labute approximate surface area is 241 Å². The fourth-order valence-corrected chi connectivity index (χ4v) is 6.99. The molecule has 6 heteroatoms. The summed E-state index contributed by atoms with van der Waals surface area (Å²) < 4.78 is 0. The molecule has 1 amide bonds. The van der Waals surface area contributed by atoms with Crippen LogP contribution in [0.5, 0.6) is 0 Å². The van der Waals surface area contributed by atoms with Gasteiger partial charge in [0.05, 0.1) is 28.8 Å². The predicted octanol–water partition coefficient (Wildman–Crippen LogP) is 6.57. The molecule has 6 nitrogen and oxygen atoms in total. The number of pyridine rings is 1. The minimum atomic E-state index is 0.103. The van der Waals surface area contributed by atoms with E-state index in [-0.39, 0.29) is 18.0 Å². The van der Waals surface area contributed by atoms with Gasteiger partial charge in [-0.1, -0.05) is 42.5 Å². The van der Waals surface area contributed by atoms with Gasteiger partial charge < -0.3 is 15.1 Å². The van der Waals surface area contributed by atoms with Crippen LogP contribution in [0.4, 0.5) is 5.82 Å². The first-order chi connectivity index (χ1) is 20.2. The maximum absolute atomic E-state index is 14.4. The van der Waals surface area contributed by atoms with Gasteiger partial charge in [-0.2, -0.15) is 5.26 Å². The van der Waals surface area contributed by atoms with E-state index in [1.807, 2.05) is 36.4 Å².